The normalized spacial score (nSPS) is 13.5. The third-order valence-electron chi connectivity index (χ3n) is 2.25. The van der Waals surface area contributed by atoms with Crippen LogP contribution in [0.1, 0.15) is 31.4 Å². The summed E-state index contributed by atoms with van der Waals surface area (Å²) < 4.78 is 0. The SMILES string of the molecule is CCC(C)N=Cc1ccccc1C. The van der Waals surface area contributed by atoms with E-state index in [0.29, 0.717) is 6.04 Å². The van der Waals surface area contributed by atoms with Gasteiger partial charge in [-0.25, -0.2) is 0 Å². The minimum atomic E-state index is 0.430. The fourth-order valence-corrected chi connectivity index (χ4v) is 1.04. The molecule has 0 bridgehead atoms. The lowest BCUT2D eigenvalue weighted by molar-refractivity contribution is 0.720. The molecule has 0 saturated carbocycles. The van der Waals surface area contributed by atoms with E-state index in [1.807, 2.05) is 12.3 Å². The van der Waals surface area contributed by atoms with Crippen LogP contribution in [0.15, 0.2) is 29.3 Å². The molecule has 0 aromatic heterocycles. The van der Waals surface area contributed by atoms with Crippen LogP contribution in [0.3, 0.4) is 0 Å². The molecule has 0 amide bonds. The zero-order valence-corrected chi connectivity index (χ0v) is 8.62. The van der Waals surface area contributed by atoms with Gasteiger partial charge < -0.3 is 0 Å². The Morgan fingerprint density at radius 2 is 2.08 bits per heavy atom. The Hall–Kier alpha value is -1.11. The molecule has 0 saturated heterocycles. The van der Waals surface area contributed by atoms with Gasteiger partial charge >= 0.3 is 0 Å². The van der Waals surface area contributed by atoms with Crippen molar-refractivity contribution in [1.82, 2.24) is 0 Å². The molecule has 70 valence electrons. The van der Waals surface area contributed by atoms with Crippen LogP contribution in [0.2, 0.25) is 0 Å². The van der Waals surface area contributed by atoms with Crippen molar-refractivity contribution in [2.24, 2.45) is 4.99 Å². The number of nitrogens with zero attached hydrogens (tertiary/aromatic N) is 1. The average Bonchev–Trinajstić information content (AvgIpc) is 2.16. The molecule has 0 radical (unpaired) electrons. The van der Waals surface area contributed by atoms with Crippen molar-refractivity contribution in [1.29, 1.82) is 0 Å². The smallest absolute Gasteiger partial charge is 0.0469 e. The highest BCUT2D eigenvalue weighted by Crippen LogP contribution is 2.04. The highest BCUT2D eigenvalue weighted by Gasteiger charge is 1.94. The van der Waals surface area contributed by atoms with Crippen LogP contribution in [-0.2, 0) is 0 Å². The lowest BCUT2D eigenvalue weighted by Crippen LogP contribution is -1.96. The first-order valence-corrected chi connectivity index (χ1v) is 4.83. The molecule has 1 nitrogen and oxygen atoms in total. The van der Waals surface area contributed by atoms with Crippen LogP contribution in [0.4, 0.5) is 0 Å². The monoisotopic (exact) mass is 175 g/mol. The fourth-order valence-electron chi connectivity index (χ4n) is 1.04. The van der Waals surface area contributed by atoms with Crippen LogP contribution < -0.4 is 0 Å². The largest absolute Gasteiger partial charge is 0.290 e. The second kappa shape index (κ2) is 4.80. The van der Waals surface area contributed by atoms with Gasteiger partial charge in [0.2, 0.25) is 0 Å². The quantitative estimate of drug-likeness (QED) is 0.625. The minimum Gasteiger partial charge on any atom is -0.290 e. The van der Waals surface area contributed by atoms with E-state index >= 15 is 0 Å². The van der Waals surface area contributed by atoms with Gasteiger partial charge in [0.15, 0.2) is 0 Å². The maximum Gasteiger partial charge on any atom is 0.0469 e. The Morgan fingerprint density at radius 1 is 1.38 bits per heavy atom. The lowest BCUT2D eigenvalue weighted by Gasteiger charge is -2.01. The van der Waals surface area contributed by atoms with Gasteiger partial charge in [-0.1, -0.05) is 31.2 Å². The van der Waals surface area contributed by atoms with Crippen LogP contribution >= 0.6 is 0 Å². The first kappa shape index (κ1) is 9.97. The third kappa shape index (κ3) is 3.02. The molecule has 0 aliphatic rings. The van der Waals surface area contributed by atoms with Crippen LogP contribution in [0.25, 0.3) is 0 Å². The number of hydrogen-bond donors (Lipinski definition) is 0. The number of rotatable bonds is 3. The Morgan fingerprint density at radius 3 is 2.69 bits per heavy atom. The first-order valence-electron chi connectivity index (χ1n) is 4.83. The topological polar surface area (TPSA) is 12.4 Å². The van der Waals surface area contributed by atoms with E-state index in [0.717, 1.165) is 6.42 Å². The second-order valence-electron chi connectivity index (χ2n) is 3.39. The van der Waals surface area contributed by atoms with Gasteiger partial charge in [-0.3, -0.25) is 4.99 Å². The van der Waals surface area contributed by atoms with E-state index in [-0.39, 0.29) is 0 Å². The van der Waals surface area contributed by atoms with Crippen molar-refractivity contribution in [3.05, 3.63) is 35.4 Å². The summed E-state index contributed by atoms with van der Waals surface area (Å²) in [5.74, 6) is 0. The molecule has 1 unspecified atom stereocenters. The average molecular weight is 175 g/mol. The highest BCUT2D eigenvalue weighted by atomic mass is 14.7. The van der Waals surface area contributed by atoms with Crippen molar-refractivity contribution < 1.29 is 0 Å². The van der Waals surface area contributed by atoms with Gasteiger partial charge in [-0.15, -0.1) is 0 Å². The van der Waals surface area contributed by atoms with Crippen LogP contribution in [0.5, 0.6) is 0 Å². The molecule has 13 heavy (non-hydrogen) atoms. The van der Waals surface area contributed by atoms with Crippen LogP contribution in [0, 0.1) is 6.92 Å². The highest BCUT2D eigenvalue weighted by molar-refractivity contribution is 5.81. The summed E-state index contributed by atoms with van der Waals surface area (Å²) in [6.45, 7) is 6.40. The molecule has 1 atom stereocenters. The van der Waals surface area contributed by atoms with Crippen LogP contribution in [-0.4, -0.2) is 12.3 Å². The Kier molecular flexibility index (Phi) is 3.69. The molecule has 0 aliphatic carbocycles. The molecule has 0 heterocycles. The van der Waals surface area contributed by atoms with Gasteiger partial charge in [-0.05, 0) is 31.4 Å². The van der Waals surface area contributed by atoms with Crippen molar-refractivity contribution in [2.75, 3.05) is 0 Å². The van der Waals surface area contributed by atoms with Gasteiger partial charge in [-0.2, -0.15) is 0 Å². The predicted molar refractivity (Wildman–Crippen MR) is 58.5 cm³/mol. The maximum atomic E-state index is 4.45. The predicted octanol–water partition coefficient (Wildman–Crippen LogP) is 3.21. The molecule has 1 heteroatoms. The standard InChI is InChI=1S/C12H17N/c1-4-11(3)13-9-12-8-6-5-7-10(12)2/h5-9,11H,4H2,1-3H3. The molecule has 0 spiro atoms. The summed E-state index contributed by atoms with van der Waals surface area (Å²) in [6.07, 6.45) is 3.08. The van der Waals surface area contributed by atoms with Crippen molar-refractivity contribution in [3.8, 4) is 0 Å². The Balaban J connectivity index is 2.74. The maximum absolute atomic E-state index is 4.45. The molecule has 1 aromatic carbocycles. The van der Waals surface area contributed by atoms with Crippen molar-refractivity contribution >= 4 is 6.21 Å². The van der Waals surface area contributed by atoms with E-state index in [1.54, 1.807) is 0 Å². The van der Waals surface area contributed by atoms with E-state index in [1.165, 1.54) is 11.1 Å². The summed E-state index contributed by atoms with van der Waals surface area (Å²) in [4.78, 5) is 4.45. The molecular formula is C12H17N. The zero-order chi connectivity index (χ0) is 9.68. The Bertz CT molecular complexity index is 289. The van der Waals surface area contributed by atoms with Gasteiger partial charge in [0.05, 0.1) is 0 Å². The number of aliphatic imine (C=N–C) groups is 1. The zero-order valence-electron chi connectivity index (χ0n) is 8.62. The van der Waals surface area contributed by atoms with Gasteiger partial charge in [0, 0.05) is 12.3 Å². The third-order valence-corrected chi connectivity index (χ3v) is 2.25. The molecule has 0 aliphatic heterocycles. The fraction of sp³-hybridized carbons (Fsp3) is 0.417. The van der Waals surface area contributed by atoms with E-state index in [4.69, 9.17) is 0 Å². The lowest BCUT2D eigenvalue weighted by atomic mass is 10.1. The molecule has 1 aromatic rings. The summed E-state index contributed by atoms with van der Waals surface area (Å²) >= 11 is 0. The summed E-state index contributed by atoms with van der Waals surface area (Å²) in [5.41, 5.74) is 2.51. The second-order valence-corrected chi connectivity index (χ2v) is 3.39. The van der Waals surface area contributed by atoms with Gasteiger partial charge in [0.25, 0.3) is 0 Å². The summed E-state index contributed by atoms with van der Waals surface area (Å²) in [7, 11) is 0. The summed E-state index contributed by atoms with van der Waals surface area (Å²) in [6, 6.07) is 8.74. The minimum absolute atomic E-state index is 0.430. The van der Waals surface area contributed by atoms with Crippen molar-refractivity contribution in [2.45, 2.75) is 33.2 Å². The van der Waals surface area contributed by atoms with E-state index in [2.05, 4.69) is 44.0 Å². The van der Waals surface area contributed by atoms with Gasteiger partial charge in [0.1, 0.15) is 0 Å². The molecule has 0 N–H and O–H groups in total. The molecule has 1 rings (SSSR count). The molecular weight excluding hydrogens is 158 g/mol. The van der Waals surface area contributed by atoms with E-state index < -0.39 is 0 Å². The number of benzene rings is 1. The first-order chi connectivity index (χ1) is 6.24. The number of aryl methyl sites for hydroxylation is 1. The number of hydrogen-bond acceptors (Lipinski definition) is 1. The Labute approximate surface area is 80.5 Å². The summed E-state index contributed by atoms with van der Waals surface area (Å²) in [5, 5.41) is 0. The molecule has 0 fully saturated rings. The van der Waals surface area contributed by atoms with E-state index in [9.17, 15) is 0 Å². The van der Waals surface area contributed by atoms with Crippen molar-refractivity contribution in [3.63, 3.8) is 0 Å².